The lowest BCUT2D eigenvalue weighted by molar-refractivity contribution is 0.409. The average Bonchev–Trinajstić information content (AvgIpc) is 3.35. The van der Waals surface area contributed by atoms with Gasteiger partial charge in [0, 0.05) is 27.2 Å². The van der Waals surface area contributed by atoms with Gasteiger partial charge in [0.2, 0.25) is 0 Å². The Balaban J connectivity index is 1.54. The van der Waals surface area contributed by atoms with E-state index in [4.69, 9.17) is 0 Å². The van der Waals surface area contributed by atoms with Crippen molar-refractivity contribution in [3.8, 4) is 0 Å². The summed E-state index contributed by atoms with van der Waals surface area (Å²) in [4.78, 5) is 6.46. The molecule has 2 fully saturated rings. The Morgan fingerprint density at radius 2 is 2.00 bits per heavy atom. The van der Waals surface area contributed by atoms with Gasteiger partial charge in [-0.05, 0) is 54.7 Å². The van der Waals surface area contributed by atoms with Gasteiger partial charge >= 0.3 is 0 Å². The van der Waals surface area contributed by atoms with E-state index in [-0.39, 0.29) is 5.82 Å². The van der Waals surface area contributed by atoms with E-state index in [2.05, 4.69) is 15.2 Å². The maximum absolute atomic E-state index is 12.9. The Morgan fingerprint density at radius 1 is 1.33 bits per heavy atom. The molecule has 21 heavy (non-hydrogen) atoms. The number of nitrogens with one attached hydrogen (secondary N) is 1. The molecule has 2 aliphatic rings. The van der Waals surface area contributed by atoms with Crippen molar-refractivity contribution < 1.29 is 4.39 Å². The van der Waals surface area contributed by atoms with E-state index >= 15 is 0 Å². The summed E-state index contributed by atoms with van der Waals surface area (Å²) in [7, 11) is 3.84. The van der Waals surface area contributed by atoms with Crippen LogP contribution in [0.3, 0.4) is 0 Å². The van der Waals surface area contributed by atoms with Gasteiger partial charge in [-0.25, -0.2) is 4.39 Å². The monoisotopic (exact) mass is 289 g/mol. The first-order valence-electron chi connectivity index (χ1n) is 7.79. The first-order chi connectivity index (χ1) is 10.1. The van der Waals surface area contributed by atoms with Crippen molar-refractivity contribution in [2.24, 2.45) is 16.3 Å². The predicted molar refractivity (Wildman–Crippen MR) is 83.6 cm³/mol. The number of nitrogens with zero attached hydrogens (tertiary/aromatic N) is 2. The third kappa shape index (κ3) is 3.36. The molecule has 4 heteroatoms. The Kier molecular flexibility index (Phi) is 3.87. The van der Waals surface area contributed by atoms with Gasteiger partial charge in [-0.15, -0.1) is 0 Å². The summed E-state index contributed by atoms with van der Waals surface area (Å²) >= 11 is 0. The molecule has 0 atom stereocenters. The van der Waals surface area contributed by atoms with Crippen LogP contribution >= 0.6 is 0 Å². The molecule has 0 spiro atoms. The molecule has 114 valence electrons. The van der Waals surface area contributed by atoms with Crippen molar-refractivity contribution in [1.82, 2.24) is 10.2 Å². The van der Waals surface area contributed by atoms with Crippen LogP contribution in [0.5, 0.6) is 0 Å². The maximum Gasteiger partial charge on any atom is 0.193 e. The van der Waals surface area contributed by atoms with E-state index in [9.17, 15) is 4.39 Å². The minimum atomic E-state index is -0.191. The Hall–Kier alpha value is -1.58. The van der Waals surface area contributed by atoms with Crippen LogP contribution in [0.1, 0.15) is 31.2 Å². The third-order valence-corrected chi connectivity index (χ3v) is 4.84. The largest absolute Gasteiger partial charge is 0.356 e. The van der Waals surface area contributed by atoms with Crippen LogP contribution in [0.25, 0.3) is 0 Å². The predicted octanol–water partition coefficient (Wildman–Crippen LogP) is 3.02. The highest BCUT2D eigenvalue weighted by molar-refractivity contribution is 5.79. The SMILES string of the molecule is CN=C(NCC1(C2CC2)CC1)N(C)Cc1ccc(F)cc1. The molecule has 0 bridgehead atoms. The molecule has 0 unspecified atom stereocenters. The van der Waals surface area contributed by atoms with Gasteiger partial charge in [-0.1, -0.05) is 12.1 Å². The highest BCUT2D eigenvalue weighted by Gasteiger charge is 2.53. The molecule has 3 nitrogen and oxygen atoms in total. The number of halogens is 1. The lowest BCUT2D eigenvalue weighted by Crippen LogP contribution is -2.41. The van der Waals surface area contributed by atoms with Crippen LogP contribution in [-0.4, -0.2) is 31.5 Å². The number of hydrogen-bond acceptors (Lipinski definition) is 1. The molecule has 0 radical (unpaired) electrons. The zero-order valence-corrected chi connectivity index (χ0v) is 12.9. The van der Waals surface area contributed by atoms with E-state index in [0.29, 0.717) is 5.41 Å². The van der Waals surface area contributed by atoms with Crippen molar-refractivity contribution in [2.45, 2.75) is 32.2 Å². The van der Waals surface area contributed by atoms with Crippen LogP contribution in [0.15, 0.2) is 29.3 Å². The van der Waals surface area contributed by atoms with Crippen LogP contribution in [0, 0.1) is 17.2 Å². The summed E-state index contributed by atoms with van der Waals surface area (Å²) < 4.78 is 12.9. The van der Waals surface area contributed by atoms with Gasteiger partial charge < -0.3 is 10.2 Å². The van der Waals surface area contributed by atoms with Gasteiger partial charge in [-0.3, -0.25) is 4.99 Å². The van der Waals surface area contributed by atoms with Gasteiger partial charge in [0.25, 0.3) is 0 Å². The van der Waals surface area contributed by atoms with E-state index in [1.807, 2.05) is 26.2 Å². The summed E-state index contributed by atoms with van der Waals surface area (Å²) in [6.45, 7) is 1.77. The fraction of sp³-hybridized carbons (Fsp3) is 0.588. The number of hydrogen-bond donors (Lipinski definition) is 1. The smallest absolute Gasteiger partial charge is 0.193 e. The average molecular weight is 289 g/mol. The quantitative estimate of drug-likeness (QED) is 0.666. The molecular formula is C17H24FN3. The minimum absolute atomic E-state index is 0.191. The first-order valence-corrected chi connectivity index (χ1v) is 7.79. The van der Waals surface area contributed by atoms with Crippen LogP contribution in [-0.2, 0) is 6.54 Å². The minimum Gasteiger partial charge on any atom is -0.356 e. The molecule has 0 aliphatic heterocycles. The van der Waals surface area contributed by atoms with Gasteiger partial charge in [0.05, 0.1) is 0 Å². The van der Waals surface area contributed by atoms with Crippen molar-refractivity contribution in [2.75, 3.05) is 20.6 Å². The molecule has 3 rings (SSSR count). The highest BCUT2D eigenvalue weighted by Crippen LogP contribution is 2.60. The Labute approximate surface area is 126 Å². The van der Waals surface area contributed by atoms with E-state index in [0.717, 1.165) is 30.5 Å². The second-order valence-corrected chi connectivity index (χ2v) is 6.52. The highest BCUT2D eigenvalue weighted by atomic mass is 19.1. The number of rotatable bonds is 5. The van der Waals surface area contributed by atoms with E-state index in [1.165, 1.54) is 37.8 Å². The first kappa shape index (κ1) is 14.4. The maximum atomic E-state index is 12.9. The van der Waals surface area contributed by atoms with Crippen molar-refractivity contribution in [3.63, 3.8) is 0 Å². The fourth-order valence-electron chi connectivity index (χ4n) is 3.16. The lowest BCUT2D eigenvalue weighted by Gasteiger charge is -2.24. The molecule has 0 aromatic heterocycles. The topological polar surface area (TPSA) is 27.6 Å². The number of benzene rings is 1. The summed E-state index contributed by atoms with van der Waals surface area (Å²) in [6, 6.07) is 6.66. The lowest BCUT2D eigenvalue weighted by atomic mass is 10.0. The second-order valence-electron chi connectivity index (χ2n) is 6.52. The van der Waals surface area contributed by atoms with E-state index < -0.39 is 0 Å². The number of guanidine groups is 1. The van der Waals surface area contributed by atoms with E-state index in [1.54, 1.807) is 0 Å². The Morgan fingerprint density at radius 3 is 2.52 bits per heavy atom. The summed E-state index contributed by atoms with van der Waals surface area (Å²) in [6.07, 6.45) is 5.55. The molecule has 1 aromatic rings. The molecule has 0 amide bonds. The molecule has 1 N–H and O–H groups in total. The molecule has 2 aliphatic carbocycles. The van der Waals surface area contributed by atoms with Crippen molar-refractivity contribution >= 4 is 5.96 Å². The Bertz CT molecular complexity index is 515. The van der Waals surface area contributed by atoms with Crippen molar-refractivity contribution in [1.29, 1.82) is 0 Å². The van der Waals surface area contributed by atoms with Crippen LogP contribution in [0.2, 0.25) is 0 Å². The second kappa shape index (κ2) is 5.66. The summed E-state index contributed by atoms with van der Waals surface area (Å²) in [5.74, 6) is 1.68. The van der Waals surface area contributed by atoms with Gasteiger partial charge in [0.1, 0.15) is 5.82 Å². The molecule has 0 heterocycles. The van der Waals surface area contributed by atoms with Gasteiger partial charge in [0.15, 0.2) is 5.96 Å². The fourth-order valence-corrected chi connectivity index (χ4v) is 3.16. The molecule has 2 saturated carbocycles. The standard InChI is InChI=1S/C17H24FN3/c1-19-16(20-12-17(9-10-17)14-5-6-14)21(2)11-13-3-7-15(18)8-4-13/h3-4,7-8,14H,5-6,9-12H2,1-2H3,(H,19,20). The molecular weight excluding hydrogens is 265 g/mol. The van der Waals surface area contributed by atoms with Crippen LogP contribution in [0.4, 0.5) is 4.39 Å². The number of aliphatic imine (C=N–C) groups is 1. The third-order valence-electron chi connectivity index (χ3n) is 4.84. The van der Waals surface area contributed by atoms with Crippen LogP contribution < -0.4 is 5.32 Å². The van der Waals surface area contributed by atoms with Crippen molar-refractivity contribution in [3.05, 3.63) is 35.6 Å². The normalized spacial score (nSPS) is 20.2. The van der Waals surface area contributed by atoms with Gasteiger partial charge in [-0.2, -0.15) is 0 Å². The zero-order chi connectivity index (χ0) is 14.9. The zero-order valence-electron chi connectivity index (χ0n) is 12.9. The molecule has 1 aromatic carbocycles. The summed E-state index contributed by atoms with van der Waals surface area (Å²) in [5, 5.41) is 3.53. The molecule has 0 saturated heterocycles. The summed E-state index contributed by atoms with van der Waals surface area (Å²) in [5.41, 5.74) is 1.65.